The Labute approximate surface area is 99.3 Å². The van der Waals surface area contributed by atoms with Crippen LogP contribution in [-0.4, -0.2) is 4.98 Å². The number of nitrogens with two attached hydrogens (primary N) is 1. The molecule has 1 heterocycles. The first-order valence-corrected chi connectivity index (χ1v) is 6.49. The predicted molar refractivity (Wildman–Crippen MR) is 69.4 cm³/mol. The third-order valence-electron chi connectivity index (χ3n) is 2.81. The van der Waals surface area contributed by atoms with Gasteiger partial charge in [-0.3, -0.25) is 4.98 Å². The summed E-state index contributed by atoms with van der Waals surface area (Å²) in [7, 11) is 0. The van der Waals surface area contributed by atoms with Crippen molar-refractivity contribution in [1.82, 2.24) is 4.98 Å². The Kier molecular flexibility index (Phi) is 6.09. The molecule has 0 aliphatic carbocycles. The molecule has 16 heavy (non-hydrogen) atoms. The molecule has 0 aliphatic heterocycles. The molecule has 2 heteroatoms. The zero-order valence-electron chi connectivity index (χ0n) is 10.6. The van der Waals surface area contributed by atoms with E-state index < -0.39 is 0 Å². The highest BCUT2D eigenvalue weighted by Crippen LogP contribution is 2.11. The fourth-order valence-corrected chi connectivity index (χ4v) is 1.83. The lowest BCUT2D eigenvalue weighted by molar-refractivity contribution is 0.755. The Morgan fingerprint density at radius 1 is 1.00 bits per heavy atom. The van der Waals surface area contributed by atoms with Gasteiger partial charge in [0.25, 0.3) is 0 Å². The number of unbranched alkanes of at least 4 members (excludes halogenated alkanes) is 2. The van der Waals surface area contributed by atoms with E-state index in [4.69, 9.17) is 5.73 Å². The molecule has 0 aromatic carbocycles. The van der Waals surface area contributed by atoms with Crippen molar-refractivity contribution < 1.29 is 0 Å². The SMILES string of the molecule is CCCCc1cc(CN)nc(CCCC)c1. The van der Waals surface area contributed by atoms with E-state index in [1.54, 1.807) is 0 Å². The van der Waals surface area contributed by atoms with Crippen LogP contribution in [0.4, 0.5) is 0 Å². The highest BCUT2D eigenvalue weighted by Gasteiger charge is 2.01. The van der Waals surface area contributed by atoms with Gasteiger partial charge in [0.05, 0.1) is 5.69 Å². The second kappa shape index (κ2) is 7.39. The Hall–Kier alpha value is -0.890. The van der Waals surface area contributed by atoms with Crippen LogP contribution in [0.3, 0.4) is 0 Å². The maximum absolute atomic E-state index is 5.68. The van der Waals surface area contributed by atoms with Crippen LogP contribution in [0, 0.1) is 0 Å². The van der Waals surface area contributed by atoms with Crippen LogP contribution in [0.15, 0.2) is 12.1 Å². The largest absolute Gasteiger partial charge is 0.325 e. The first-order valence-electron chi connectivity index (χ1n) is 6.49. The van der Waals surface area contributed by atoms with E-state index >= 15 is 0 Å². The van der Waals surface area contributed by atoms with Crippen LogP contribution in [-0.2, 0) is 19.4 Å². The maximum atomic E-state index is 5.68. The quantitative estimate of drug-likeness (QED) is 0.766. The van der Waals surface area contributed by atoms with Crippen LogP contribution in [0.25, 0.3) is 0 Å². The number of hydrogen-bond acceptors (Lipinski definition) is 2. The van der Waals surface area contributed by atoms with Crippen molar-refractivity contribution in [3.05, 3.63) is 29.1 Å². The minimum absolute atomic E-state index is 0.555. The summed E-state index contributed by atoms with van der Waals surface area (Å²) in [6, 6.07) is 4.41. The summed E-state index contributed by atoms with van der Waals surface area (Å²) in [5.74, 6) is 0. The van der Waals surface area contributed by atoms with Crippen molar-refractivity contribution in [3.8, 4) is 0 Å². The number of hydrogen-bond donors (Lipinski definition) is 1. The van der Waals surface area contributed by atoms with Crippen molar-refractivity contribution in [2.24, 2.45) is 5.73 Å². The summed E-state index contributed by atoms with van der Waals surface area (Å²) in [4.78, 5) is 4.57. The van der Waals surface area contributed by atoms with Gasteiger partial charge in [-0.2, -0.15) is 0 Å². The third-order valence-corrected chi connectivity index (χ3v) is 2.81. The molecule has 0 unspecified atom stereocenters. The number of nitrogens with zero attached hydrogens (tertiary/aromatic N) is 1. The Morgan fingerprint density at radius 2 is 1.62 bits per heavy atom. The Bertz CT molecular complexity index is 281. The molecular formula is C14H24N2. The van der Waals surface area contributed by atoms with Gasteiger partial charge >= 0.3 is 0 Å². The lowest BCUT2D eigenvalue weighted by atomic mass is 10.1. The molecule has 2 N–H and O–H groups in total. The topological polar surface area (TPSA) is 38.9 Å². The zero-order chi connectivity index (χ0) is 11.8. The summed E-state index contributed by atoms with van der Waals surface area (Å²) < 4.78 is 0. The normalized spacial score (nSPS) is 10.7. The first kappa shape index (κ1) is 13.2. The zero-order valence-corrected chi connectivity index (χ0v) is 10.6. The van der Waals surface area contributed by atoms with Gasteiger partial charge in [-0.05, 0) is 43.4 Å². The van der Waals surface area contributed by atoms with Crippen molar-refractivity contribution >= 4 is 0 Å². The molecule has 0 aliphatic rings. The van der Waals surface area contributed by atoms with Gasteiger partial charge < -0.3 is 5.73 Å². The molecule has 90 valence electrons. The molecule has 0 spiro atoms. The minimum Gasteiger partial charge on any atom is -0.325 e. The van der Waals surface area contributed by atoms with E-state index in [1.165, 1.54) is 36.9 Å². The lowest BCUT2D eigenvalue weighted by Gasteiger charge is -2.07. The molecule has 0 amide bonds. The fraction of sp³-hybridized carbons (Fsp3) is 0.643. The molecule has 2 nitrogen and oxygen atoms in total. The highest BCUT2D eigenvalue weighted by atomic mass is 14.7. The summed E-state index contributed by atoms with van der Waals surface area (Å²) in [6.45, 7) is 4.99. The molecule has 0 radical (unpaired) electrons. The molecule has 0 bridgehead atoms. The van der Waals surface area contributed by atoms with Gasteiger partial charge in [0.1, 0.15) is 0 Å². The standard InChI is InChI=1S/C14H24N2/c1-3-5-7-12-9-13(8-6-4-2)16-14(10-12)11-15/h9-10H,3-8,11,15H2,1-2H3. The maximum Gasteiger partial charge on any atom is 0.0545 e. The number of rotatable bonds is 7. The molecule has 1 rings (SSSR count). The van der Waals surface area contributed by atoms with Gasteiger partial charge in [0, 0.05) is 12.2 Å². The van der Waals surface area contributed by atoms with Gasteiger partial charge in [-0.15, -0.1) is 0 Å². The van der Waals surface area contributed by atoms with Gasteiger partial charge in [0.15, 0.2) is 0 Å². The van der Waals surface area contributed by atoms with E-state index in [1.807, 2.05) is 0 Å². The van der Waals surface area contributed by atoms with Crippen molar-refractivity contribution in [1.29, 1.82) is 0 Å². The van der Waals surface area contributed by atoms with Crippen molar-refractivity contribution in [2.45, 2.75) is 58.9 Å². The van der Waals surface area contributed by atoms with Crippen molar-refractivity contribution in [2.75, 3.05) is 0 Å². The Balaban J connectivity index is 2.74. The number of pyridine rings is 1. The fourth-order valence-electron chi connectivity index (χ4n) is 1.83. The monoisotopic (exact) mass is 220 g/mol. The van der Waals surface area contributed by atoms with E-state index in [-0.39, 0.29) is 0 Å². The van der Waals surface area contributed by atoms with Crippen LogP contribution in [0.5, 0.6) is 0 Å². The second-order valence-electron chi connectivity index (χ2n) is 4.37. The smallest absolute Gasteiger partial charge is 0.0545 e. The van der Waals surface area contributed by atoms with E-state index in [0.29, 0.717) is 6.54 Å². The van der Waals surface area contributed by atoms with E-state index in [0.717, 1.165) is 18.5 Å². The molecule has 0 fully saturated rings. The summed E-state index contributed by atoms with van der Waals surface area (Å²) >= 11 is 0. The first-order chi connectivity index (χ1) is 7.80. The van der Waals surface area contributed by atoms with Crippen LogP contribution in [0.1, 0.15) is 56.5 Å². The van der Waals surface area contributed by atoms with Gasteiger partial charge in [-0.1, -0.05) is 26.7 Å². The predicted octanol–water partition coefficient (Wildman–Crippen LogP) is 3.23. The third kappa shape index (κ3) is 4.31. The van der Waals surface area contributed by atoms with Crippen LogP contribution >= 0.6 is 0 Å². The van der Waals surface area contributed by atoms with Gasteiger partial charge in [0.2, 0.25) is 0 Å². The molecular weight excluding hydrogens is 196 g/mol. The average Bonchev–Trinajstić information content (AvgIpc) is 2.33. The lowest BCUT2D eigenvalue weighted by Crippen LogP contribution is -2.04. The van der Waals surface area contributed by atoms with Crippen LogP contribution in [0.2, 0.25) is 0 Å². The second-order valence-corrected chi connectivity index (χ2v) is 4.37. The summed E-state index contributed by atoms with van der Waals surface area (Å²) in [5, 5.41) is 0. The van der Waals surface area contributed by atoms with E-state index in [9.17, 15) is 0 Å². The number of aryl methyl sites for hydroxylation is 2. The molecule has 1 aromatic heterocycles. The highest BCUT2D eigenvalue weighted by molar-refractivity contribution is 5.22. The molecule has 0 atom stereocenters. The summed E-state index contributed by atoms with van der Waals surface area (Å²) in [6.07, 6.45) is 7.17. The average molecular weight is 220 g/mol. The molecule has 1 aromatic rings. The molecule has 0 saturated carbocycles. The van der Waals surface area contributed by atoms with Crippen molar-refractivity contribution in [3.63, 3.8) is 0 Å². The summed E-state index contributed by atoms with van der Waals surface area (Å²) in [5.41, 5.74) is 9.35. The van der Waals surface area contributed by atoms with E-state index in [2.05, 4.69) is 31.0 Å². The number of aromatic nitrogens is 1. The minimum atomic E-state index is 0.555. The van der Waals surface area contributed by atoms with Crippen LogP contribution < -0.4 is 5.73 Å². The van der Waals surface area contributed by atoms with Gasteiger partial charge in [-0.25, -0.2) is 0 Å². The molecule has 0 saturated heterocycles. The Morgan fingerprint density at radius 3 is 2.25 bits per heavy atom.